The van der Waals surface area contributed by atoms with Gasteiger partial charge in [-0.1, -0.05) is 5.21 Å². The van der Waals surface area contributed by atoms with Crippen LogP contribution in [-0.2, 0) is 0 Å². The first kappa shape index (κ1) is 14.5. The Kier molecular flexibility index (Phi) is 4.06. The van der Waals surface area contributed by atoms with E-state index in [-0.39, 0.29) is 5.91 Å². The Morgan fingerprint density at radius 1 is 1.23 bits per heavy atom. The summed E-state index contributed by atoms with van der Waals surface area (Å²) in [5.74, 6) is 0.720. The lowest BCUT2D eigenvalue weighted by Crippen LogP contribution is -2.46. The molecule has 1 aliphatic rings. The lowest BCUT2D eigenvalue weighted by Gasteiger charge is -2.26. The second kappa shape index (κ2) is 6.15. The quantitative estimate of drug-likeness (QED) is 0.900. The van der Waals surface area contributed by atoms with Gasteiger partial charge in [-0.2, -0.15) is 0 Å². The monoisotopic (exact) mass is 301 g/mol. The van der Waals surface area contributed by atoms with Crippen LogP contribution >= 0.6 is 0 Å². The van der Waals surface area contributed by atoms with E-state index in [1.54, 1.807) is 11.8 Å². The summed E-state index contributed by atoms with van der Waals surface area (Å²) < 4.78 is 6.82. The smallest absolute Gasteiger partial charge is 0.276 e. The lowest BCUT2D eigenvalue weighted by atomic mass is 10.2. The molecule has 2 heterocycles. The van der Waals surface area contributed by atoms with E-state index in [1.165, 1.54) is 0 Å². The van der Waals surface area contributed by atoms with Gasteiger partial charge >= 0.3 is 0 Å². The van der Waals surface area contributed by atoms with E-state index in [0.717, 1.165) is 30.2 Å². The largest absolute Gasteiger partial charge is 0.497 e. The number of piperazine rings is 1. The van der Waals surface area contributed by atoms with Gasteiger partial charge < -0.3 is 15.0 Å². The molecule has 0 aliphatic carbocycles. The molecule has 1 fully saturated rings. The van der Waals surface area contributed by atoms with Crippen molar-refractivity contribution in [2.24, 2.45) is 0 Å². The van der Waals surface area contributed by atoms with Crippen LogP contribution in [-0.4, -0.2) is 59.1 Å². The van der Waals surface area contributed by atoms with Gasteiger partial charge in [0.15, 0.2) is 5.69 Å². The zero-order valence-electron chi connectivity index (χ0n) is 12.7. The number of carbonyl (C=O) groups excluding carboxylic acids is 1. The van der Waals surface area contributed by atoms with E-state index in [9.17, 15) is 4.79 Å². The normalized spacial score (nSPS) is 14.9. The maximum absolute atomic E-state index is 12.5. The second-order valence-corrected chi connectivity index (χ2v) is 5.18. The minimum absolute atomic E-state index is 0.0567. The van der Waals surface area contributed by atoms with E-state index in [2.05, 4.69) is 15.6 Å². The number of hydrogen-bond donors (Lipinski definition) is 1. The summed E-state index contributed by atoms with van der Waals surface area (Å²) in [6, 6.07) is 7.49. The molecule has 2 aromatic rings. The van der Waals surface area contributed by atoms with Gasteiger partial charge in [0, 0.05) is 26.2 Å². The number of rotatable bonds is 3. The number of nitrogens with one attached hydrogen (secondary N) is 1. The van der Waals surface area contributed by atoms with Crippen LogP contribution in [0.4, 0.5) is 0 Å². The van der Waals surface area contributed by atoms with E-state index in [4.69, 9.17) is 4.74 Å². The predicted molar refractivity (Wildman–Crippen MR) is 81.4 cm³/mol. The molecule has 0 atom stereocenters. The average molecular weight is 301 g/mol. The zero-order valence-corrected chi connectivity index (χ0v) is 12.7. The number of methoxy groups -OCH3 is 1. The SMILES string of the molecule is COc1ccc(-n2nnc(C(=O)N3CCNCC3)c2C)cc1. The molecule has 1 aliphatic heterocycles. The molecular weight excluding hydrogens is 282 g/mol. The third-order valence-corrected chi connectivity index (χ3v) is 3.82. The molecule has 0 saturated carbocycles. The van der Waals surface area contributed by atoms with Crippen molar-refractivity contribution in [1.82, 2.24) is 25.2 Å². The Hall–Kier alpha value is -2.41. The molecule has 0 unspecified atom stereocenters. The molecule has 7 nitrogen and oxygen atoms in total. The van der Waals surface area contributed by atoms with Gasteiger partial charge in [0.05, 0.1) is 18.5 Å². The Balaban J connectivity index is 1.85. The Morgan fingerprint density at radius 2 is 1.91 bits per heavy atom. The molecule has 0 bridgehead atoms. The third kappa shape index (κ3) is 2.67. The number of carbonyl (C=O) groups is 1. The molecule has 0 spiro atoms. The zero-order chi connectivity index (χ0) is 15.5. The number of benzene rings is 1. The standard InChI is InChI=1S/C15H19N5O2/c1-11-14(15(21)19-9-7-16-8-10-19)17-18-20(11)12-3-5-13(22-2)6-4-12/h3-6,16H,7-10H2,1-2H3. The van der Waals surface area contributed by atoms with Crippen LogP contribution < -0.4 is 10.1 Å². The Labute approximate surface area is 128 Å². The van der Waals surface area contributed by atoms with Gasteiger partial charge in [-0.3, -0.25) is 4.79 Å². The highest BCUT2D eigenvalue weighted by Crippen LogP contribution is 2.17. The van der Waals surface area contributed by atoms with Crippen LogP contribution in [0.3, 0.4) is 0 Å². The molecular formula is C15H19N5O2. The van der Waals surface area contributed by atoms with Crippen LogP contribution in [0.25, 0.3) is 5.69 Å². The fourth-order valence-electron chi connectivity index (χ4n) is 2.51. The summed E-state index contributed by atoms with van der Waals surface area (Å²) >= 11 is 0. The maximum atomic E-state index is 12.5. The van der Waals surface area contributed by atoms with Crippen molar-refractivity contribution in [1.29, 1.82) is 0 Å². The van der Waals surface area contributed by atoms with Crippen molar-refractivity contribution in [2.75, 3.05) is 33.3 Å². The van der Waals surface area contributed by atoms with E-state index in [0.29, 0.717) is 18.8 Å². The van der Waals surface area contributed by atoms with Crippen molar-refractivity contribution in [2.45, 2.75) is 6.92 Å². The molecule has 1 amide bonds. The van der Waals surface area contributed by atoms with Crippen LogP contribution in [0.1, 0.15) is 16.2 Å². The van der Waals surface area contributed by atoms with Gasteiger partial charge in [-0.15, -0.1) is 5.10 Å². The van der Waals surface area contributed by atoms with Gasteiger partial charge in [0.1, 0.15) is 5.75 Å². The van der Waals surface area contributed by atoms with Gasteiger partial charge in [0.2, 0.25) is 0 Å². The van der Waals surface area contributed by atoms with Crippen LogP contribution in [0.2, 0.25) is 0 Å². The number of ether oxygens (including phenoxy) is 1. The van der Waals surface area contributed by atoms with Gasteiger partial charge in [-0.05, 0) is 31.2 Å². The van der Waals surface area contributed by atoms with Crippen molar-refractivity contribution in [3.8, 4) is 11.4 Å². The molecule has 1 aromatic heterocycles. The number of aromatic nitrogens is 3. The van der Waals surface area contributed by atoms with Gasteiger partial charge in [0.25, 0.3) is 5.91 Å². The molecule has 22 heavy (non-hydrogen) atoms. The minimum Gasteiger partial charge on any atom is -0.497 e. The maximum Gasteiger partial charge on any atom is 0.276 e. The molecule has 3 rings (SSSR count). The summed E-state index contributed by atoms with van der Waals surface area (Å²) in [4.78, 5) is 14.3. The molecule has 116 valence electrons. The predicted octanol–water partition coefficient (Wildman–Crippen LogP) is 0.630. The van der Waals surface area contributed by atoms with E-state index < -0.39 is 0 Å². The fraction of sp³-hybridized carbons (Fsp3) is 0.400. The number of amides is 1. The average Bonchev–Trinajstić information content (AvgIpc) is 2.96. The van der Waals surface area contributed by atoms with Crippen LogP contribution in [0.15, 0.2) is 24.3 Å². The summed E-state index contributed by atoms with van der Waals surface area (Å²) in [6.07, 6.45) is 0. The van der Waals surface area contributed by atoms with Crippen molar-refractivity contribution >= 4 is 5.91 Å². The van der Waals surface area contributed by atoms with Crippen molar-refractivity contribution < 1.29 is 9.53 Å². The van der Waals surface area contributed by atoms with E-state index in [1.807, 2.05) is 36.1 Å². The Bertz CT molecular complexity index is 659. The first-order valence-corrected chi connectivity index (χ1v) is 7.27. The summed E-state index contributed by atoms with van der Waals surface area (Å²) in [5, 5.41) is 11.4. The lowest BCUT2D eigenvalue weighted by molar-refractivity contribution is 0.0729. The molecule has 7 heteroatoms. The van der Waals surface area contributed by atoms with E-state index >= 15 is 0 Å². The first-order chi connectivity index (χ1) is 10.7. The Morgan fingerprint density at radius 3 is 2.55 bits per heavy atom. The van der Waals surface area contributed by atoms with Crippen molar-refractivity contribution in [3.05, 3.63) is 35.7 Å². The van der Waals surface area contributed by atoms with Crippen molar-refractivity contribution in [3.63, 3.8) is 0 Å². The first-order valence-electron chi connectivity index (χ1n) is 7.27. The summed E-state index contributed by atoms with van der Waals surface area (Å²) in [7, 11) is 1.62. The third-order valence-electron chi connectivity index (χ3n) is 3.82. The molecule has 1 aromatic carbocycles. The number of nitrogens with zero attached hydrogens (tertiary/aromatic N) is 4. The fourth-order valence-corrected chi connectivity index (χ4v) is 2.51. The summed E-state index contributed by atoms with van der Waals surface area (Å²) in [6.45, 7) is 4.90. The summed E-state index contributed by atoms with van der Waals surface area (Å²) in [5.41, 5.74) is 2.01. The number of hydrogen-bond acceptors (Lipinski definition) is 5. The molecule has 1 saturated heterocycles. The van der Waals surface area contributed by atoms with Crippen LogP contribution in [0.5, 0.6) is 5.75 Å². The highest BCUT2D eigenvalue weighted by molar-refractivity contribution is 5.93. The molecule has 1 N–H and O–H groups in total. The topological polar surface area (TPSA) is 72.3 Å². The minimum atomic E-state index is -0.0567. The highest BCUT2D eigenvalue weighted by atomic mass is 16.5. The second-order valence-electron chi connectivity index (χ2n) is 5.18. The highest BCUT2D eigenvalue weighted by Gasteiger charge is 2.24. The van der Waals surface area contributed by atoms with Crippen LogP contribution in [0, 0.1) is 6.92 Å². The van der Waals surface area contributed by atoms with Gasteiger partial charge in [-0.25, -0.2) is 4.68 Å². The molecule has 0 radical (unpaired) electrons.